The van der Waals surface area contributed by atoms with Gasteiger partial charge in [-0.3, -0.25) is 0 Å². The van der Waals surface area contributed by atoms with E-state index in [1.54, 1.807) is 12.1 Å². The van der Waals surface area contributed by atoms with E-state index in [1.807, 2.05) is 12.1 Å². The Kier molecular flexibility index (Phi) is 4.16. The van der Waals surface area contributed by atoms with Crippen LogP contribution in [0.1, 0.15) is 32.8 Å². The molecule has 2 nitrogen and oxygen atoms in total. The number of anilines is 1. The molecule has 0 amide bonds. The summed E-state index contributed by atoms with van der Waals surface area (Å²) in [6.45, 7) is 6.41. The highest BCUT2D eigenvalue weighted by atomic mass is 19.2. The molecule has 0 heterocycles. The van der Waals surface area contributed by atoms with Crippen molar-refractivity contribution >= 4 is 5.69 Å². The maximum absolute atomic E-state index is 13.7. The van der Waals surface area contributed by atoms with E-state index in [9.17, 15) is 8.78 Å². The zero-order chi connectivity index (χ0) is 15.6. The van der Waals surface area contributed by atoms with Crippen LogP contribution < -0.4 is 10.5 Å². The molecule has 21 heavy (non-hydrogen) atoms. The highest BCUT2D eigenvalue weighted by Gasteiger charge is 2.18. The number of hydrogen-bond donors (Lipinski definition) is 1. The van der Waals surface area contributed by atoms with Gasteiger partial charge >= 0.3 is 0 Å². The summed E-state index contributed by atoms with van der Waals surface area (Å²) in [6.07, 6.45) is 0.999. The predicted molar refractivity (Wildman–Crippen MR) is 80.6 cm³/mol. The third-order valence-electron chi connectivity index (χ3n) is 3.82. The number of halogens is 2. The third-order valence-corrected chi connectivity index (χ3v) is 3.82. The first-order chi connectivity index (χ1) is 9.85. The van der Waals surface area contributed by atoms with Gasteiger partial charge in [-0.2, -0.15) is 4.39 Å². The van der Waals surface area contributed by atoms with Gasteiger partial charge in [0, 0.05) is 0 Å². The van der Waals surface area contributed by atoms with Crippen molar-refractivity contribution < 1.29 is 13.5 Å². The standard InChI is InChI=1S/C17H19F2NO/c1-4-17(2,3)11-5-7-12(8-6-11)21-16-14(20)10-9-13(18)15(16)19/h5-10H,4,20H2,1-3H3. The fraction of sp³-hybridized carbons (Fsp3) is 0.294. The first-order valence-corrected chi connectivity index (χ1v) is 6.87. The lowest BCUT2D eigenvalue weighted by molar-refractivity contribution is 0.417. The van der Waals surface area contributed by atoms with Crippen molar-refractivity contribution in [3.05, 3.63) is 53.6 Å². The molecule has 0 aliphatic rings. The Labute approximate surface area is 123 Å². The van der Waals surface area contributed by atoms with E-state index in [0.717, 1.165) is 18.1 Å². The van der Waals surface area contributed by atoms with Gasteiger partial charge in [0.2, 0.25) is 5.82 Å². The van der Waals surface area contributed by atoms with Gasteiger partial charge in [0.05, 0.1) is 5.69 Å². The molecule has 0 saturated heterocycles. The number of benzene rings is 2. The number of nitrogen functional groups attached to an aromatic ring is 1. The van der Waals surface area contributed by atoms with E-state index in [0.29, 0.717) is 5.75 Å². The molecule has 0 aromatic heterocycles. The molecule has 0 radical (unpaired) electrons. The number of hydrogen-bond acceptors (Lipinski definition) is 2. The minimum absolute atomic E-state index is 0.0572. The van der Waals surface area contributed by atoms with Crippen LogP contribution in [0.3, 0.4) is 0 Å². The van der Waals surface area contributed by atoms with E-state index in [-0.39, 0.29) is 16.9 Å². The van der Waals surface area contributed by atoms with Crippen LogP contribution in [-0.4, -0.2) is 0 Å². The normalized spacial score (nSPS) is 11.5. The Hall–Kier alpha value is -2.10. The number of rotatable bonds is 4. The van der Waals surface area contributed by atoms with Crippen LogP contribution in [0.25, 0.3) is 0 Å². The summed E-state index contributed by atoms with van der Waals surface area (Å²) in [5.41, 5.74) is 6.90. The summed E-state index contributed by atoms with van der Waals surface area (Å²) in [5.74, 6) is -1.92. The van der Waals surface area contributed by atoms with Crippen LogP contribution in [0.2, 0.25) is 0 Å². The first kappa shape index (κ1) is 15.3. The molecule has 0 unspecified atom stereocenters. The fourth-order valence-electron chi connectivity index (χ4n) is 1.95. The van der Waals surface area contributed by atoms with Crippen molar-refractivity contribution in [1.82, 2.24) is 0 Å². The van der Waals surface area contributed by atoms with E-state index in [1.165, 1.54) is 6.07 Å². The second-order valence-corrected chi connectivity index (χ2v) is 5.64. The minimum atomic E-state index is -1.08. The average Bonchev–Trinajstić information content (AvgIpc) is 2.48. The lowest BCUT2D eigenvalue weighted by Gasteiger charge is -2.23. The van der Waals surface area contributed by atoms with Gasteiger partial charge in [-0.1, -0.05) is 32.9 Å². The molecule has 2 rings (SSSR count). The van der Waals surface area contributed by atoms with E-state index in [2.05, 4.69) is 20.8 Å². The SMILES string of the molecule is CCC(C)(C)c1ccc(Oc2c(N)ccc(F)c2F)cc1. The van der Waals surface area contributed by atoms with Crippen LogP contribution in [-0.2, 0) is 5.41 Å². The Morgan fingerprint density at radius 2 is 1.67 bits per heavy atom. The monoisotopic (exact) mass is 291 g/mol. The summed E-state index contributed by atoms with van der Waals surface area (Å²) in [6, 6.07) is 9.57. The summed E-state index contributed by atoms with van der Waals surface area (Å²) < 4.78 is 32.3. The van der Waals surface area contributed by atoms with Gasteiger partial charge in [0.1, 0.15) is 5.75 Å². The molecule has 0 spiro atoms. The molecular weight excluding hydrogens is 272 g/mol. The van der Waals surface area contributed by atoms with E-state index >= 15 is 0 Å². The van der Waals surface area contributed by atoms with Crippen LogP contribution in [0.4, 0.5) is 14.5 Å². The molecule has 4 heteroatoms. The van der Waals surface area contributed by atoms with Gasteiger partial charge in [-0.05, 0) is 41.7 Å². The van der Waals surface area contributed by atoms with Crippen LogP contribution in [0.15, 0.2) is 36.4 Å². The Balaban J connectivity index is 2.28. The van der Waals surface area contributed by atoms with Gasteiger partial charge < -0.3 is 10.5 Å². The van der Waals surface area contributed by atoms with Gasteiger partial charge in [-0.15, -0.1) is 0 Å². The summed E-state index contributed by atoms with van der Waals surface area (Å²) >= 11 is 0. The average molecular weight is 291 g/mol. The molecule has 2 N–H and O–H groups in total. The molecule has 0 atom stereocenters. The molecule has 0 saturated carbocycles. The highest BCUT2D eigenvalue weighted by Crippen LogP contribution is 2.33. The van der Waals surface area contributed by atoms with Crippen LogP contribution in [0.5, 0.6) is 11.5 Å². The van der Waals surface area contributed by atoms with E-state index < -0.39 is 11.6 Å². The number of nitrogens with two attached hydrogens (primary N) is 1. The van der Waals surface area contributed by atoms with Gasteiger partial charge in [0.25, 0.3) is 0 Å². The maximum Gasteiger partial charge on any atom is 0.203 e. The Bertz CT molecular complexity index is 636. The Morgan fingerprint density at radius 1 is 1.05 bits per heavy atom. The lowest BCUT2D eigenvalue weighted by atomic mass is 9.82. The predicted octanol–water partition coefficient (Wildman–Crippen LogP) is 5.03. The number of ether oxygens (including phenoxy) is 1. The summed E-state index contributed by atoms with van der Waals surface area (Å²) in [5, 5.41) is 0. The van der Waals surface area contributed by atoms with Crippen molar-refractivity contribution in [2.45, 2.75) is 32.6 Å². The minimum Gasteiger partial charge on any atom is -0.452 e. The summed E-state index contributed by atoms with van der Waals surface area (Å²) in [7, 11) is 0. The van der Waals surface area contributed by atoms with Crippen LogP contribution in [0, 0.1) is 11.6 Å². The zero-order valence-corrected chi connectivity index (χ0v) is 12.4. The van der Waals surface area contributed by atoms with E-state index in [4.69, 9.17) is 10.5 Å². The maximum atomic E-state index is 13.7. The van der Waals surface area contributed by atoms with Crippen molar-refractivity contribution in [3.63, 3.8) is 0 Å². The topological polar surface area (TPSA) is 35.2 Å². The van der Waals surface area contributed by atoms with Crippen molar-refractivity contribution in [3.8, 4) is 11.5 Å². The smallest absolute Gasteiger partial charge is 0.203 e. The van der Waals surface area contributed by atoms with Gasteiger partial charge in [-0.25, -0.2) is 4.39 Å². The molecular formula is C17H19F2NO. The van der Waals surface area contributed by atoms with Crippen molar-refractivity contribution in [2.75, 3.05) is 5.73 Å². The first-order valence-electron chi connectivity index (χ1n) is 6.87. The molecule has 2 aromatic rings. The Morgan fingerprint density at radius 3 is 2.24 bits per heavy atom. The molecule has 112 valence electrons. The molecule has 0 fully saturated rings. The largest absolute Gasteiger partial charge is 0.452 e. The van der Waals surface area contributed by atoms with Crippen molar-refractivity contribution in [1.29, 1.82) is 0 Å². The fourth-order valence-corrected chi connectivity index (χ4v) is 1.95. The summed E-state index contributed by atoms with van der Waals surface area (Å²) in [4.78, 5) is 0. The van der Waals surface area contributed by atoms with Gasteiger partial charge in [0.15, 0.2) is 11.6 Å². The third kappa shape index (κ3) is 3.15. The zero-order valence-electron chi connectivity index (χ0n) is 12.4. The molecule has 0 bridgehead atoms. The second-order valence-electron chi connectivity index (χ2n) is 5.64. The highest BCUT2D eigenvalue weighted by molar-refractivity contribution is 5.55. The van der Waals surface area contributed by atoms with Crippen molar-refractivity contribution in [2.24, 2.45) is 0 Å². The second kappa shape index (κ2) is 5.72. The quantitative estimate of drug-likeness (QED) is 0.802. The molecule has 2 aromatic carbocycles. The van der Waals surface area contributed by atoms with Crippen LogP contribution >= 0.6 is 0 Å². The molecule has 0 aliphatic carbocycles. The molecule has 0 aliphatic heterocycles. The lowest BCUT2D eigenvalue weighted by Crippen LogP contribution is -2.14.